The number of para-hydroxylation sites is 2. The van der Waals surface area contributed by atoms with E-state index in [1.807, 2.05) is 36.4 Å². The topological polar surface area (TPSA) is 50.7 Å². The van der Waals surface area contributed by atoms with Crippen molar-refractivity contribution in [1.82, 2.24) is 0 Å². The third-order valence-corrected chi connectivity index (χ3v) is 3.08. The number of ether oxygens (including phenoxy) is 2. The van der Waals surface area contributed by atoms with Crippen LogP contribution < -0.4 is 14.8 Å². The molecular formula is C17H21NO3. The van der Waals surface area contributed by atoms with Gasteiger partial charge in [-0.3, -0.25) is 0 Å². The molecular weight excluding hydrogens is 266 g/mol. The highest BCUT2D eigenvalue weighted by molar-refractivity contribution is 5.56. The second-order valence-electron chi connectivity index (χ2n) is 4.70. The van der Waals surface area contributed by atoms with E-state index in [-0.39, 0.29) is 5.75 Å². The molecule has 2 N–H and O–H groups in total. The van der Waals surface area contributed by atoms with E-state index in [2.05, 4.69) is 12.2 Å². The summed E-state index contributed by atoms with van der Waals surface area (Å²) in [6.07, 6.45) is 0.976. The van der Waals surface area contributed by atoms with Gasteiger partial charge in [0.2, 0.25) is 0 Å². The lowest BCUT2D eigenvalue weighted by atomic mass is 10.2. The van der Waals surface area contributed by atoms with E-state index >= 15 is 0 Å². The fourth-order valence-corrected chi connectivity index (χ4v) is 1.98. The normalized spacial score (nSPS) is 10.2. The number of nitrogens with one attached hydrogen (secondary N) is 1. The summed E-state index contributed by atoms with van der Waals surface area (Å²) >= 11 is 0. The average Bonchev–Trinajstić information content (AvgIpc) is 2.53. The Morgan fingerprint density at radius 1 is 1.10 bits per heavy atom. The zero-order chi connectivity index (χ0) is 15.1. The van der Waals surface area contributed by atoms with Crippen molar-refractivity contribution in [2.24, 2.45) is 0 Å². The molecule has 112 valence electrons. The Bertz CT molecular complexity index is 584. The molecule has 0 aliphatic carbocycles. The van der Waals surface area contributed by atoms with Crippen molar-refractivity contribution in [2.75, 3.05) is 19.0 Å². The van der Waals surface area contributed by atoms with E-state index in [1.165, 1.54) is 0 Å². The molecule has 0 saturated heterocycles. The zero-order valence-electron chi connectivity index (χ0n) is 12.4. The van der Waals surface area contributed by atoms with Gasteiger partial charge in [-0.2, -0.15) is 0 Å². The van der Waals surface area contributed by atoms with Gasteiger partial charge >= 0.3 is 0 Å². The molecule has 0 aliphatic rings. The molecule has 0 fully saturated rings. The number of hydrogen-bond acceptors (Lipinski definition) is 4. The van der Waals surface area contributed by atoms with Crippen LogP contribution >= 0.6 is 0 Å². The first-order valence-electron chi connectivity index (χ1n) is 7.06. The number of aromatic hydroxyl groups is 1. The van der Waals surface area contributed by atoms with Crippen LogP contribution in [0.4, 0.5) is 5.69 Å². The summed E-state index contributed by atoms with van der Waals surface area (Å²) in [4.78, 5) is 0. The van der Waals surface area contributed by atoms with Gasteiger partial charge in [-0.25, -0.2) is 0 Å². The van der Waals surface area contributed by atoms with Gasteiger partial charge in [-0.15, -0.1) is 0 Å². The molecule has 21 heavy (non-hydrogen) atoms. The fraction of sp³-hybridized carbons (Fsp3) is 0.294. The van der Waals surface area contributed by atoms with Crippen LogP contribution in [0.2, 0.25) is 0 Å². The van der Waals surface area contributed by atoms with E-state index in [1.54, 1.807) is 13.2 Å². The molecule has 0 saturated carbocycles. The Morgan fingerprint density at radius 2 is 1.90 bits per heavy atom. The summed E-state index contributed by atoms with van der Waals surface area (Å²) in [7, 11) is 1.54. The maximum atomic E-state index is 9.60. The van der Waals surface area contributed by atoms with E-state index in [9.17, 15) is 5.11 Å². The van der Waals surface area contributed by atoms with Crippen LogP contribution in [0.3, 0.4) is 0 Å². The van der Waals surface area contributed by atoms with Crippen LogP contribution in [0.1, 0.15) is 18.9 Å². The number of rotatable bonds is 7. The number of anilines is 1. The van der Waals surface area contributed by atoms with Gasteiger partial charge in [0.15, 0.2) is 11.5 Å². The SMILES string of the molecule is CCCOc1ccccc1NCc1ccc(O)c(OC)c1. The van der Waals surface area contributed by atoms with Crippen molar-refractivity contribution in [1.29, 1.82) is 0 Å². The number of methoxy groups -OCH3 is 1. The van der Waals surface area contributed by atoms with Crippen molar-refractivity contribution in [3.63, 3.8) is 0 Å². The Morgan fingerprint density at radius 3 is 2.67 bits per heavy atom. The smallest absolute Gasteiger partial charge is 0.160 e. The number of hydrogen-bond donors (Lipinski definition) is 2. The minimum atomic E-state index is 0.146. The maximum absolute atomic E-state index is 9.60. The molecule has 2 aromatic carbocycles. The van der Waals surface area contributed by atoms with Gasteiger partial charge in [0, 0.05) is 6.54 Å². The summed E-state index contributed by atoms with van der Waals surface area (Å²) in [6, 6.07) is 13.2. The molecule has 0 bridgehead atoms. The molecule has 0 amide bonds. The number of phenolic OH excluding ortho intramolecular Hbond substituents is 1. The van der Waals surface area contributed by atoms with Crippen LogP contribution in [-0.2, 0) is 6.54 Å². The summed E-state index contributed by atoms with van der Waals surface area (Å²) < 4.78 is 10.8. The molecule has 4 heteroatoms. The van der Waals surface area contributed by atoms with Crippen molar-refractivity contribution in [3.05, 3.63) is 48.0 Å². The predicted molar refractivity (Wildman–Crippen MR) is 84.2 cm³/mol. The monoisotopic (exact) mass is 287 g/mol. The third-order valence-electron chi connectivity index (χ3n) is 3.08. The molecule has 0 aliphatic heterocycles. The average molecular weight is 287 g/mol. The number of benzene rings is 2. The Balaban J connectivity index is 2.06. The van der Waals surface area contributed by atoms with Gasteiger partial charge < -0.3 is 19.9 Å². The van der Waals surface area contributed by atoms with Crippen LogP contribution in [-0.4, -0.2) is 18.8 Å². The van der Waals surface area contributed by atoms with E-state index in [0.29, 0.717) is 18.9 Å². The van der Waals surface area contributed by atoms with E-state index in [4.69, 9.17) is 9.47 Å². The molecule has 0 atom stereocenters. The fourth-order valence-electron chi connectivity index (χ4n) is 1.98. The van der Waals surface area contributed by atoms with Gasteiger partial charge in [-0.1, -0.05) is 25.1 Å². The van der Waals surface area contributed by atoms with Crippen LogP contribution in [0.25, 0.3) is 0 Å². The summed E-state index contributed by atoms with van der Waals surface area (Å²) in [5.41, 5.74) is 1.98. The minimum absolute atomic E-state index is 0.146. The lowest BCUT2D eigenvalue weighted by molar-refractivity contribution is 0.319. The van der Waals surface area contributed by atoms with Crippen molar-refractivity contribution in [3.8, 4) is 17.2 Å². The molecule has 0 radical (unpaired) electrons. The quantitative estimate of drug-likeness (QED) is 0.813. The second kappa shape index (κ2) is 7.43. The maximum Gasteiger partial charge on any atom is 0.160 e. The molecule has 0 aromatic heterocycles. The van der Waals surface area contributed by atoms with Crippen molar-refractivity contribution in [2.45, 2.75) is 19.9 Å². The third kappa shape index (κ3) is 4.05. The van der Waals surface area contributed by atoms with Gasteiger partial charge in [0.25, 0.3) is 0 Å². The lowest BCUT2D eigenvalue weighted by Gasteiger charge is -2.13. The zero-order valence-corrected chi connectivity index (χ0v) is 12.4. The molecule has 2 aromatic rings. The first-order valence-corrected chi connectivity index (χ1v) is 7.06. The molecule has 0 spiro atoms. The van der Waals surface area contributed by atoms with Crippen molar-refractivity contribution < 1.29 is 14.6 Å². The Hall–Kier alpha value is -2.36. The van der Waals surface area contributed by atoms with E-state index in [0.717, 1.165) is 23.4 Å². The lowest BCUT2D eigenvalue weighted by Crippen LogP contribution is -2.03. The van der Waals surface area contributed by atoms with Gasteiger partial charge in [0.1, 0.15) is 5.75 Å². The molecule has 2 rings (SSSR count). The largest absolute Gasteiger partial charge is 0.504 e. The van der Waals surface area contributed by atoms with Crippen LogP contribution in [0, 0.1) is 0 Å². The molecule has 0 unspecified atom stereocenters. The van der Waals surface area contributed by atoms with E-state index < -0.39 is 0 Å². The predicted octanol–water partition coefficient (Wildman–Crippen LogP) is 3.80. The summed E-state index contributed by atoms with van der Waals surface area (Å²) in [5, 5.41) is 12.9. The highest BCUT2D eigenvalue weighted by Crippen LogP contribution is 2.28. The minimum Gasteiger partial charge on any atom is -0.504 e. The van der Waals surface area contributed by atoms with Crippen LogP contribution in [0.15, 0.2) is 42.5 Å². The van der Waals surface area contributed by atoms with Crippen LogP contribution in [0.5, 0.6) is 17.2 Å². The first kappa shape index (κ1) is 15.0. The first-order chi connectivity index (χ1) is 10.2. The standard InChI is InChI=1S/C17H21NO3/c1-3-10-21-16-7-5-4-6-14(16)18-12-13-8-9-15(19)17(11-13)20-2/h4-9,11,18-19H,3,10,12H2,1-2H3. The molecule has 4 nitrogen and oxygen atoms in total. The summed E-state index contributed by atoms with van der Waals surface area (Å²) in [5.74, 6) is 1.47. The second-order valence-corrected chi connectivity index (χ2v) is 4.70. The highest BCUT2D eigenvalue weighted by atomic mass is 16.5. The van der Waals surface area contributed by atoms with Crippen molar-refractivity contribution >= 4 is 5.69 Å². The summed E-state index contributed by atoms with van der Waals surface area (Å²) in [6.45, 7) is 3.41. The molecule has 0 heterocycles. The Kier molecular flexibility index (Phi) is 5.32. The highest BCUT2D eigenvalue weighted by Gasteiger charge is 2.05. The number of phenols is 1. The van der Waals surface area contributed by atoms with Gasteiger partial charge in [0.05, 0.1) is 19.4 Å². The Labute approximate surface area is 125 Å². The van der Waals surface area contributed by atoms with Gasteiger partial charge in [-0.05, 0) is 36.2 Å².